The number of aliphatic imine (C=N–C) groups is 1. The van der Waals surface area contributed by atoms with Gasteiger partial charge >= 0.3 is 0 Å². The molecule has 0 saturated carbocycles. The third-order valence-corrected chi connectivity index (χ3v) is 0.994. The maximum absolute atomic E-state index is 5.10. The molecule has 0 atom stereocenters. The van der Waals surface area contributed by atoms with E-state index in [-0.39, 0.29) is 0 Å². The zero-order valence-electron chi connectivity index (χ0n) is 5.97. The van der Waals surface area contributed by atoms with Crippen LogP contribution in [-0.2, 0) is 0 Å². The number of nitrogens with zero attached hydrogens (tertiary/aromatic N) is 2. The van der Waals surface area contributed by atoms with Gasteiger partial charge in [0, 0.05) is 21.1 Å². The molecule has 54 valence electrons. The molecule has 0 aliphatic carbocycles. The van der Waals surface area contributed by atoms with Gasteiger partial charge in [-0.05, 0) is 0 Å². The highest BCUT2D eigenvalue weighted by molar-refractivity contribution is 5.78. The molecule has 0 fully saturated rings. The van der Waals surface area contributed by atoms with Crippen molar-refractivity contribution in [1.82, 2.24) is 15.9 Å². The molecule has 0 aromatic heterocycles. The highest BCUT2D eigenvalue weighted by Crippen LogP contribution is 1.72. The molecule has 0 rings (SSSR count). The Kier molecular flexibility index (Phi) is 3.74. The van der Waals surface area contributed by atoms with Gasteiger partial charge in [0.25, 0.3) is 0 Å². The highest BCUT2D eigenvalue weighted by atomic mass is 15.6. The van der Waals surface area contributed by atoms with Crippen molar-refractivity contribution in [3.8, 4) is 0 Å². The lowest BCUT2D eigenvalue weighted by Gasteiger charge is -2.17. The van der Waals surface area contributed by atoms with Crippen LogP contribution < -0.4 is 16.7 Å². The number of hydrogen-bond donors (Lipinski definition) is 3. The Balaban J connectivity index is 3.80. The van der Waals surface area contributed by atoms with E-state index in [9.17, 15) is 0 Å². The second-order valence-corrected chi connectivity index (χ2v) is 1.47. The fraction of sp³-hybridized carbons (Fsp3) is 0.750. The molecule has 0 unspecified atom stereocenters. The van der Waals surface area contributed by atoms with Crippen LogP contribution in [0.4, 0.5) is 0 Å². The van der Waals surface area contributed by atoms with Gasteiger partial charge in [-0.15, -0.1) is 0 Å². The van der Waals surface area contributed by atoms with Crippen molar-refractivity contribution < 1.29 is 0 Å². The molecule has 5 heteroatoms. The summed E-state index contributed by atoms with van der Waals surface area (Å²) in [5.74, 6) is 5.69. The lowest BCUT2D eigenvalue weighted by atomic mass is 10.9. The van der Waals surface area contributed by atoms with Gasteiger partial charge in [0.15, 0.2) is 0 Å². The van der Waals surface area contributed by atoms with E-state index in [4.69, 9.17) is 5.84 Å². The Morgan fingerprint density at radius 1 is 1.67 bits per heavy atom. The van der Waals surface area contributed by atoms with Gasteiger partial charge in [-0.3, -0.25) is 15.4 Å². The molecule has 0 aliphatic heterocycles. The molecule has 0 bridgehead atoms. The van der Waals surface area contributed by atoms with Crippen LogP contribution in [0, 0.1) is 0 Å². The first-order valence-corrected chi connectivity index (χ1v) is 2.60. The SMILES string of the molecule is CN=C(NN)N(C)NC. The minimum atomic E-state index is 0.595. The topological polar surface area (TPSA) is 65.7 Å². The van der Waals surface area contributed by atoms with Crippen LogP contribution in [0.15, 0.2) is 4.99 Å². The molecule has 0 aliphatic rings. The van der Waals surface area contributed by atoms with Gasteiger partial charge in [-0.25, -0.2) is 11.3 Å². The Hall–Kier alpha value is -0.810. The van der Waals surface area contributed by atoms with Crippen molar-refractivity contribution in [2.75, 3.05) is 21.1 Å². The summed E-state index contributed by atoms with van der Waals surface area (Å²) in [6.45, 7) is 0. The Morgan fingerprint density at radius 3 is 2.33 bits per heavy atom. The van der Waals surface area contributed by atoms with Crippen molar-refractivity contribution in [3.63, 3.8) is 0 Å². The van der Waals surface area contributed by atoms with E-state index in [1.165, 1.54) is 0 Å². The third-order valence-electron chi connectivity index (χ3n) is 0.994. The molecular formula is C4H13N5. The molecule has 0 radical (unpaired) electrons. The second-order valence-electron chi connectivity index (χ2n) is 1.47. The number of guanidine groups is 1. The molecular weight excluding hydrogens is 118 g/mol. The summed E-state index contributed by atoms with van der Waals surface area (Å²) in [7, 11) is 5.24. The summed E-state index contributed by atoms with van der Waals surface area (Å²) >= 11 is 0. The predicted octanol–water partition coefficient (Wildman–Crippen LogP) is -1.50. The van der Waals surface area contributed by atoms with Gasteiger partial charge < -0.3 is 0 Å². The van der Waals surface area contributed by atoms with E-state index in [1.807, 2.05) is 7.05 Å². The van der Waals surface area contributed by atoms with Crippen LogP contribution >= 0.6 is 0 Å². The smallest absolute Gasteiger partial charge is 0.222 e. The van der Waals surface area contributed by atoms with Crippen LogP contribution in [0.1, 0.15) is 0 Å². The first-order valence-electron chi connectivity index (χ1n) is 2.60. The first kappa shape index (κ1) is 8.19. The summed E-state index contributed by atoms with van der Waals surface area (Å²) in [5, 5.41) is 1.67. The van der Waals surface area contributed by atoms with E-state index in [2.05, 4.69) is 15.8 Å². The first-order chi connectivity index (χ1) is 4.26. The molecule has 0 spiro atoms. The third kappa shape index (κ3) is 2.29. The summed E-state index contributed by atoms with van der Waals surface area (Å²) in [6, 6.07) is 0. The van der Waals surface area contributed by atoms with Gasteiger partial charge in [-0.2, -0.15) is 0 Å². The predicted molar refractivity (Wildman–Crippen MR) is 37.5 cm³/mol. The molecule has 0 amide bonds. The van der Waals surface area contributed by atoms with E-state index in [0.29, 0.717) is 5.96 Å². The number of rotatable bonds is 1. The Bertz CT molecular complexity index is 99.1. The minimum Gasteiger partial charge on any atom is -0.293 e. The number of hydrogen-bond acceptors (Lipinski definition) is 3. The monoisotopic (exact) mass is 131 g/mol. The average Bonchev–Trinajstić information content (AvgIpc) is 1.90. The zero-order valence-corrected chi connectivity index (χ0v) is 5.97. The summed E-state index contributed by atoms with van der Waals surface area (Å²) in [5.41, 5.74) is 5.24. The number of hydrazine groups is 2. The van der Waals surface area contributed by atoms with Crippen LogP contribution in [0.5, 0.6) is 0 Å². The molecule has 9 heavy (non-hydrogen) atoms. The molecule has 0 aromatic carbocycles. The van der Waals surface area contributed by atoms with E-state index >= 15 is 0 Å². The van der Waals surface area contributed by atoms with Gasteiger partial charge in [0.1, 0.15) is 0 Å². The van der Waals surface area contributed by atoms with E-state index in [0.717, 1.165) is 0 Å². The summed E-state index contributed by atoms with van der Waals surface area (Å²) in [6.07, 6.45) is 0. The number of nitrogens with one attached hydrogen (secondary N) is 2. The molecule has 4 N–H and O–H groups in total. The van der Waals surface area contributed by atoms with Gasteiger partial charge in [0.05, 0.1) is 0 Å². The number of nitrogens with two attached hydrogens (primary N) is 1. The van der Waals surface area contributed by atoms with E-state index in [1.54, 1.807) is 19.1 Å². The lowest BCUT2D eigenvalue weighted by Crippen LogP contribution is -2.47. The van der Waals surface area contributed by atoms with Crippen LogP contribution in [0.25, 0.3) is 0 Å². The average molecular weight is 131 g/mol. The Morgan fingerprint density at radius 2 is 2.22 bits per heavy atom. The van der Waals surface area contributed by atoms with Crippen molar-refractivity contribution in [2.45, 2.75) is 0 Å². The van der Waals surface area contributed by atoms with Crippen LogP contribution in [0.3, 0.4) is 0 Å². The quantitative estimate of drug-likeness (QED) is 0.175. The van der Waals surface area contributed by atoms with Crippen molar-refractivity contribution >= 4 is 5.96 Å². The fourth-order valence-electron chi connectivity index (χ4n) is 0.417. The van der Waals surface area contributed by atoms with E-state index < -0.39 is 0 Å². The van der Waals surface area contributed by atoms with Crippen molar-refractivity contribution in [3.05, 3.63) is 0 Å². The van der Waals surface area contributed by atoms with Gasteiger partial charge in [0.2, 0.25) is 5.96 Å². The highest BCUT2D eigenvalue weighted by Gasteiger charge is 1.96. The zero-order chi connectivity index (χ0) is 7.28. The normalized spacial score (nSPS) is 11.3. The van der Waals surface area contributed by atoms with Gasteiger partial charge in [-0.1, -0.05) is 0 Å². The standard InChI is InChI=1S/C4H13N5/c1-6-4(8-5)9(3)7-2/h7H,5H2,1-3H3,(H,6,8). The Labute approximate surface area is 54.9 Å². The van der Waals surface area contributed by atoms with Crippen molar-refractivity contribution in [2.24, 2.45) is 10.8 Å². The molecule has 0 aromatic rings. The second kappa shape index (κ2) is 4.11. The lowest BCUT2D eigenvalue weighted by molar-refractivity contribution is 0.393. The largest absolute Gasteiger partial charge is 0.293 e. The van der Waals surface area contributed by atoms with Crippen LogP contribution in [-0.4, -0.2) is 32.1 Å². The maximum Gasteiger partial charge on any atom is 0.222 e. The summed E-state index contributed by atoms with van der Waals surface area (Å²) < 4.78 is 0. The summed E-state index contributed by atoms with van der Waals surface area (Å²) in [4.78, 5) is 3.82. The van der Waals surface area contributed by atoms with Crippen molar-refractivity contribution in [1.29, 1.82) is 0 Å². The molecule has 5 nitrogen and oxygen atoms in total. The molecule has 0 saturated heterocycles. The minimum absolute atomic E-state index is 0.595. The van der Waals surface area contributed by atoms with Crippen LogP contribution in [0.2, 0.25) is 0 Å². The maximum atomic E-state index is 5.10. The fourth-order valence-corrected chi connectivity index (χ4v) is 0.417. The molecule has 0 heterocycles.